The highest BCUT2D eigenvalue weighted by Crippen LogP contribution is 2.48. The Labute approximate surface area is 103 Å². The van der Waals surface area contributed by atoms with Gasteiger partial charge in [-0.2, -0.15) is 0 Å². The molecule has 2 heteroatoms. The lowest BCUT2D eigenvalue weighted by Gasteiger charge is -2.15. The zero-order valence-electron chi connectivity index (χ0n) is 10.3. The molecule has 0 amide bonds. The van der Waals surface area contributed by atoms with Gasteiger partial charge in [-0.1, -0.05) is 30.4 Å². The van der Waals surface area contributed by atoms with Gasteiger partial charge in [-0.05, 0) is 36.5 Å². The lowest BCUT2D eigenvalue weighted by molar-refractivity contribution is -0.139. The topological polar surface area (TPSA) is 26.3 Å². The molecule has 0 aliphatic heterocycles. The molecule has 0 aromatic carbocycles. The number of hydrogen-bond donors (Lipinski definition) is 0. The van der Waals surface area contributed by atoms with Crippen LogP contribution in [0.2, 0.25) is 0 Å². The van der Waals surface area contributed by atoms with E-state index in [-0.39, 0.29) is 5.97 Å². The summed E-state index contributed by atoms with van der Waals surface area (Å²) < 4.78 is 4.90. The summed E-state index contributed by atoms with van der Waals surface area (Å²) in [5.74, 6) is 2.40. The highest BCUT2D eigenvalue weighted by Gasteiger charge is 2.40. The number of rotatable bonds is 4. The Hall–Kier alpha value is -1.31. The molecule has 4 atom stereocenters. The molecule has 2 aliphatic rings. The van der Waals surface area contributed by atoms with Crippen molar-refractivity contribution in [2.24, 2.45) is 23.7 Å². The zero-order valence-corrected chi connectivity index (χ0v) is 10.3. The van der Waals surface area contributed by atoms with Crippen LogP contribution in [-0.2, 0) is 9.53 Å². The van der Waals surface area contributed by atoms with Gasteiger partial charge in [-0.25, -0.2) is 0 Å². The van der Waals surface area contributed by atoms with Crippen LogP contribution in [0.15, 0.2) is 37.0 Å². The van der Waals surface area contributed by atoms with Crippen LogP contribution in [0.25, 0.3) is 0 Å². The van der Waals surface area contributed by atoms with E-state index in [9.17, 15) is 4.79 Å². The number of ether oxygens (including phenoxy) is 1. The molecule has 0 heterocycles. The predicted octanol–water partition coefficient (Wildman–Crippen LogP) is 3.12. The van der Waals surface area contributed by atoms with Gasteiger partial charge >= 0.3 is 5.97 Å². The van der Waals surface area contributed by atoms with Crippen molar-refractivity contribution in [3.8, 4) is 0 Å². The Kier molecular flexibility index (Phi) is 3.82. The standard InChI is InChI=1S/C15H20O2/c1-3-12-10-13(6-5-9-17-11(2)16)15-8-4-7-14(12)15/h3-6,8,12-15H,1,7,9-10H2,2H3. The summed E-state index contributed by atoms with van der Waals surface area (Å²) in [5, 5.41) is 0. The summed E-state index contributed by atoms with van der Waals surface area (Å²) in [4.78, 5) is 10.6. The fourth-order valence-corrected chi connectivity index (χ4v) is 3.13. The van der Waals surface area contributed by atoms with Crippen molar-refractivity contribution in [2.75, 3.05) is 6.61 Å². The Morgan fingerprint density at radius 3 is 3.06 bits per heavy atom. The largest absolute Gasteiger partial charge is 0.462 e. The van der Waals surface area contributed by atoms with E-state index in [0.29, 0.717) is 24.4 Å². The van der Waals surface area contributed by atoms with Gasteiger partial charge in [-0.3, -0.25) is 4.79 Å². The molecular weight excluding hydrogens is 212 g/mol. The van der Waals surface area contributed by atoms with Gasteiger partial charge in [0.25, 0.3) is 0 Å². The van der Waals surface area contributed by atoms with E-state index in [0.717, 1.165) is 5.92 Å². The molecule has 0 aromatic heterocycles. The molecule has 2 rings (SSSR count). The van der Waals surface area contributed by atoms with Gasteiger partial charge in [0.2, 0.25) is 0 Å². The highest BCUT2D eigenvalue weighted by molar-refractivity contribution is 5.65. The van der Waals surface area contributed by atoms with E-state index < -0.39 is 0 Å². The van der Waals surface area contributed by atoms with Gasteiger partial charge in [0.15, 0.2) is 0 Å². The minimum atomic E-state index is -0.219. The third-order valence-electron chi connectivity index (χ3n) is 3.92. The van der Waals surface area contributed by atoms with Crippen LogP contribution >= 0.6 is 0 Å². The number of hydrogen-bond acceptors (Lipinski definition) is 2. The average molecular weight is 232 g/mol. The van der Waals surface area contributed by atoms with Crippen molar-refractivity contribution in [3.05, 3.63) is 37.0 Å². The number of allylic oxidation sites excluding steroid dienone is 4. The Bertz CT molecular complexity index is 354. The molecule has 92 valence electrons. The Morgan fingerprint density at radius 1 is 1.53 bits per heavy atom. The first-order valence-electron chi connectivity index (χ1n) is 6.31. The highest BCUT2D eigenvalue weighted by atomic mass is 16.5. The van der Waals surface area contributed by atoms with Crippen molar-refractivity contribution in [1.29, 1.82) is 0 Å². The summed E-state index contributed by atoms with van der Waals surface area (Å²) in [6.45, 7) is 5.77. The van der Waals surface area contributed by atoms with Crippen molar-refractivity contribution in [1.82, 2.24) is 0 Å². The third kappa shape index (κ3) is 2.68. The summed E-state index contributed by atoms with van der Waals surface area (Å²) in [7, 11) is 0. The maximum Gasteiger partial charge on any atom is 0.302 e. The molecule has 1 fully saturated rings. The lowest BCUT2D eigenvalue weighted by Crippen LogP contribution is -2.09. The fraction of sp³-hybridized carbons (Fsp3) is 0.533. The van der Waals surface area contributed by atoms with E-state index in [4.69, 9.17) is 4.74 Å². The molecule has 1 saturated carbocycles. The second-order valence-electron chi connectivity index (χ2n) is 4.93. The summed E-state index contributed by atoms with van der Waals surface area (Å²) in [6.07, 6.45) is 13.3. The maximum absolute atomic E-state index is 10.6. The molecule has 2 aliphatic carbocycles. The summed E-state index contributed by atoms with van der Waals surface area (Å²) in [5.41, 5.74) is 0. The molecule has 0 saturated heterocycles. The molecule has 2 nitrogen and oxygen atoms in total. The summed E-state index contributed by atoms with van der Waals surface area (Å²) >= 11 is 0. The van der Waals surface area contributed by atoms with E-state index in [1.54, 1.807) is 0 Å². The quantitative estimate of drug-likeness (QED) is 0.550. The Morgan fingerprint density at radius 2 is 2.35 bits per heavy atom. The minimum absolute atomic E-state index is 0.219. The lowest BCUT2D eigenvalue weighted by atomic mass is 9.90. The van der Waals surface area contributed by atoms with Crippen molar-refractivity contribution in [3.63, 3.8) is 0 Å². The van der Waals surface area contributed by atoms with Crippen LogP contribution in [0.1, 0.15) is 19.8 Å². The molecule has 0 N–H and O–H groups in total. The van der Waals surface area contributed by atoms with Crippen LogP contribution in [0.4, 0.5) is 0 Å². The number of esters is 1. The van der Waals surface area contributed by atoms with Gasteiger partial charge in [0.1, 0.15) is 6.61 Å². The van der Waals surface area contributed by atoms with Crippen LogP contribution < -0.4 is 0 Å². The minimum Gasteiger partial charge on any atom is -0.462 e. The van der Waals surface area contributed by atoms with E-state index >= 15 is 0 Å². The molecule has 0 spiro atoms. The van der Waals surface area contributed by atoms with E-state index in [1.165, 1.54) is 19.8 Å². The van der Waals surface area contributed by atoms with Gasteiger partial charge in [0.05, 0.1) is 0 Å². The predicted molar refractivity (Wildman–Crippen MR) is 68.3 cm³/mol. The Balaban J connectivity index is 1.90. The monoisotopic (exact) mass is 232 g/mol. The molecule has 17 heavy (non-hydrogen) atoms. The second kappa shape index (κ2) is 5.35. The first-order valence-corrected chi connectivity index (χ1v) is 6.31. The van der Waals surface area contributed by atoms with Crippen LogP contribution in [-0.4, -0.2) is 12.6 Å². The smallest absolute Gasteiger partial charge is 0.302 e. The molecule has 4 unspecified atom stereocenters. The molecule has 0 radical (unpaired) electrons. The van der Waals surface area contributed by atoms with Gasteiger partial charge in [0, 0.05) is 6.92 Å². The molecule has 0 bridgehead atoms. The maximum atomic E-state index is 10.6. The van der Waals surface area contributed by atoms with Crippen molar-refractivity contribution >= 4 is 5.97 Å². The number of carbonyl (C=O) groups excluding carboxylic acids is 1. The molecule has 0 aromatic rings. The fourth-order valence-electron chi connectivity index (χ4n) is 3.13. The van der Waals surface area contributed by atoms with Crippen molar-refractivity contribution in [2.45, 2.75) is 19.8 Å². The van der Waals surface area contributed by atoms with Crippen LogP contribution in [0.5, 0.6) is 0 Å². The van der Waals surface area contributed by atoms with Crippen LogP contribution in [0, 0.1) is 23.7 Å². The van der Waals surface area contributed by atoms with Crippen LogP contribution in [0.3, 0.4) is 0 Å². The number of carbonyl (C=O) groups is 1. The number of fused-ring (bicyclic) bond motifs is 1. The first kappa shape index (κ1) is 12.2. The third-order valence-corrected chi connectivity index (χ3v) is 3.92. The normalized spacial score (nSPS) is 35.1. The SMILES string of the molecule is C=CC1CC(C=CCOC(C)=O)C2C=CCC12. The summed E-state index contributed by atoms with van der Waals surface area (Å²) in [6, 6.07) is 0. The first-order chi connectivity index (χ1) is 8.22. The van der Waals surface area contributed by atoms with Gasteiger partial charge < -0.3 is 4.74 Å². The second-order valence-corrected chi connectivity index (χ2v) is 4.93. The van der Waals surface area contributed by atoms with Gasteiger partial charge in [-0.15, -0.1) is 6.58 Å². The van der Waals surface area contributed by atoms with E-state index in [1.807, 2.05) is 6.08 Å². The average Bonchev–Trinajstić information content (AvgIpc) is 2.86. The molecular formula is C15H20O2. The van der Waals surface area contributed by atoms with E-state index in [2.05, 4.69) is 30.9 Å². The zero-order chi connectivity index (χ0) is 12.3. The van der Waals surface area contributed by atoms with Crippen molar-refractivity contribution < 1.29 is 9.53 Å².